The summed E-state index contributed by atoms with van der Waals surface area (Å²) in [6.45, 7) is 11.9. The van der Waals surface area contributed by atoms with Crippen LogP contribution >= 0.6 is 0 Å². The van der Waals surface area contributed by atoms with Gasteiger partial charge in [-0.2, -0.15) is 0 Å². The van der Waals surface area contributed by atoms with Crippen molar-refractivity contribution in [3.05, 3.63) is 0 Å². The van der Waals surface area contributed by atoms with Gasteiger partial charge in [0, 0.05) is 19.5 Å². The van der Waals surface area contributed by atoms with Gasteiger partial charge in [-0.25, -0.2) is 0 Å². The Morgan fingerprint density at radius 1 is 1.00 bits per heavy atom. The molecule has 0 aliphatic carbocycles. The predicted molar refractivity (Wildman–Crippen MR) is 72.9 cm³/mol. The zero-order valence-electron chi connectivity index (χ0n) is 11.5. The van der Waals surface area contributed by atoms with E-state index in [4.69, 9.17) is 0 Å². The van der Waals surface area contributed by atoms with Gasteiger partial charge in [-0.3, -0.25) is 4.90 Å². The van der Waals surface area contributed by atoms with Crippen molar-refractivity contribution in [1.29, 1.82) is 0 Å². The lowest BCUT2D eigenvalue weighted by molar-refractivity contribution is -0.0438. The number of hydrogen-bond donors (Lipinski definition) is 0. The van der Waals surface area contributed by atoms with Gasteiger partial charge in [0.2, 0.25) is 0 Å². The summed E-state index contributed by atoms with van der Waals surface area (Å²) in [6.07, 6.45) is 5.07. The highest BCUT2D eigenvalue weighted by atomic mass is 15.2. The molecule has 0 aromatic rings. The zero-order valence-corrected chi connectivity index (χ0v) is 11.5. The minimum absolute atomic E-state index is 0.684. The lowest BCUT2D eigenvalue weighted by Gasteiger charge is -2.54. The Balaban J connectivity index is 1.69. The fourth-order valence-electron chi connectivity index (χ4n) is 3.17. The normalized spacial score (nSPS) is 24.1. The second kappa shape index (κ2) is 5.89. The summed E-state index contributed by atoms with van der Waals surface area (Å²) in [5, 5.41) is 0. The maximum Gasteiger partial charge on any atom is 0.0601 e. The minimum atomic E-state index is 0.684. The molecule has 96 valence electrons. The minimum Gasteiger partial charge on any atom is -0.302 e. The summed E-state index contributed by atoms with van der Waals surface area (Å²) in [5.41, 5.74) is 0.684. The summed E-state index contributed by atoms with van der Waals surface area (Å²) in [7, 11) is 0. The Morgan fingerprint density at radius 3 is 2.29 bits per heavy atom. The molecule has 0 atom stereocenters. The third kappa shape index (κ3) is 3.24. The number of hydrogen-bond acceptors (Lipinski definition) is 2. The van der Waals surface area contributed by atoms with Crippen molar-refractivity contribution in [2.24, 2.45) is 5.41 Å². The molecule has 17 heavy (non-hydrogen) atoms. The Kier molecular flexibility index (Phi) is 4.48. The molecule has 0 aromatic carbocycles. The van der Waals surface area contributed by atoms with Crippen LogP contribution in [0.2, 0.25) is 0 Å². The second-order valence-corrected chi connectivity index (χ2v) is 5.69. The van der Waals surface area contributed by atoms with Gasteiger partial charge in [-0.1, -0.05) is 19.8 Å². The highest BCUT2D eigenvalue weighted by molar-refractivity contribution is 5.03. The highest BCUT2D eigenvalue weighted by Gasteiger charge is 2.43. The third-order valence-corrected chi connectivity index (χ3v) is 4.18. The van der Waals surface area contributed by atoms with Gasteiger partial charge in [0.15, 0.2) is 0 Å². The van der Waals surface area contributed by atoms with Crippen LogP contribution in [0.4, 0.5) is 0 Å². The smallest absolute Gasteiger partial charge is 0.0601 e. The van der Waals surface area contributed by atoms with E-state index in [-0.39, 0.29) is 0 Å². The van der Waals surface area contributed by atoms with Crippen molar-refractivity contribution < 1.29 is 0 Å². The molecule has 0 bridgehead atoms. The number of rotatable bonds is 3. The molecule has 0 aromatic heterocycles. The SMILES string of the molecule is CCC#CCN1CCC2(CC1)CN(CCC)C2. The number of likely N-dealkylation sites (tertiary alicyclic amines) is 2. The molecular weight excluding hydrogens is 208 g/mol. The van der Waals surface area contributed by atoms with Crippen LogP contribution in [0.5, 0.6) is 0 Å². The first-order valence-electron chi connectivity index (χ1n) is 7.18. The summed E-state index contributed by atoms with van der Waals surface area (Å²) in [5.74, 6) is 6.43. The number of piperidine rings is 1. The van der Waals surface area contributed by atoms with E-state index in [2.05, 4.69) is 35.5 Å². The second-order valence-electron chi connectivity index (χ2n) is 5.69. The molecule has 2 aliphatic rings. The van der Waals surface area contributed by atoms with Crippen molar-refractivity contribution in [2.75, 3.05) is 39.3 Å². The molecular formula is C15H26N2. The van der Waals surface area contributed by atoms with Crippen molar-refractivity contribution in [3.63, 3.8) is 0 Å². The molecule has 2 aliphatic heterocycles. The first kappa shape index (κ1) is 12.9. The first-order valence-corrected chi connectivity index (χ1v) is 7.18. The predicted octanol–water partition coefficient (Wildman–Crippen LogP) is 2.21. The maximum atomic E-state index is 3.26. The lowest BCUT2D eigenvalue weighted by atomic mass is 9.72. The summed E-state index contributed by atoms with van der Waals surface area (Å²) < 4.78 is 0. The van der Waals surface area contributed by atoms with Gasteiger partial charge >= 0.3 is 0 Å². The molecule has 2 heterocycles. The quantitative estimate of drug-likeness (QED) is 0.691. The highest BCUT2D eigenvalue weighted by Crippen LogP contribution is 2.40. The molecule has 0 amide bonds. The Morgan fingerprint density at radius 2 is 1.71 bits per heavy atom. The molecule has 0 radical (unpaired) electrons. The summed E-state index contributed by atoms with van der Waals surface area (Å²) >= 11 is 0. The van der Waals surface area contributed by atoms with Crippen LogP contribution in [0.1, 0.15) is 39.5 Å². The zero-order chi connectivity index (χ0) is 12.1. The first-order chi connectivity index (χ1) is 8.28. The molecule has 0 unspecified atom stereocenters. The van der Waals surface area contributed by atoms with Crippen LogP contribution in [-0.2, 0) is 0 Å². The Hall–Kier alpha value is -0.520. The average molecular weight is 234 g/mol. The van der Waals surface area contributed by atoms with Crippen molar-refractivity contribution in [2.45, 2.75) is 39.5 Å². The monoisotopic (exact) mass is 234 g/mol. The van der Waals surface area contributed by atoms with E-state index in [0.717, 1.165) is 13.0 Å². The fraction of sp³-hybridized carbons (Fsp3) is 0.867. The van der Waals surface area contributed by atoms with Crippen LogP contribution in [0, 0.1) is 17.3 Å². The van der Waals surface area contributed by atoms with E-state index >= 15 is 0 Å². The third-order valence-electron chi connectivity index (χ3n) is 4.18. The van der Waals surface area contributed by atoms with Gasteiger partial charge < -0.3 is 4.90 Å². The maximum absolute atomic E-state index is 3.26. The average Bonchev–Trinajstić information content (AvgIpc) is 2.30. The summed E-state index contributed by atoms with van der Waals surface area (Å²) in [4.78, 5) is 5.14. The van der Waals surface area contributed by atoms with Crippen molar-refractivity contribution in [1.82, 2.24) is 9.80 Å². The van der Waals surface area contributed by atoms with E-state index in [1.54, 1.807) is 0 Å². The lowest BCUT2D eigenvalue weighted by Crippen LogP contribution is -2.60. The summed E-state index contributed by atoms with van der Waals surface area (Å²) in [6, 6.07) is 0. The topological polar surface area (TPSA) is 6.48 Å². The largest absolute Gasteiger partial charge is 0.302 e. The molecule has 2 rings (SSSR count). The molecule has 2 heteroatoms. The fourth-order valence-corrected chi connectivity index (χ4v) is 3.17. The van der Waals surface area contributed by atoms with Crippen LogP contribution in [0.3, 0.4) is 0 Å². The Labute approximate surface area is 106 Å². The van der Waals surface area contributed by atoms with Gasteiger partial charge in [0.1, 0.15) is 0 Å². The van der Waals surface area contributed by atoms with E-state index in [9.17, 15) is 0 Å². The van der Waals surface area contributed by atoms with E-state index < -0.39 is 0 Å². The molecule has 1 spiro atoms. The van der Waals surface area contributed by atoms with E-state index in [0.29, 0.717) is 5.41 Å². The van der Waals surface area contributed by atoms with Gasteiger partial charge in [-0.05, 0) is 44.3 Å². The van der Waals surface area contributed by atoms with E-state index in [1.165, 1.54) is 52.0 Å². The molecule has 2 nitrogen and oxygen atoms in total. The van der Waals surface area contributed by atoms with Crippen molar-refractivity contribution >= 4 is 0 Å². The molecule has 0 N–H and O–H groups in total. The standard InChI is InChI=1S/C15H26N2/c1-3-5-6-10-16-11-7-15(8-12-16)13-17(14-15)9-4-2/h3-4,7-14H2,1-2H3. The van der Waals surface area contributed by atoms with Crippen LogP contribution in [0.15, 0.2) is 0 Å². The van der Waals surface area contributed by atoms with Crippen LogP contribution < -0.4 is 0 Å². The van der Waals surface area contributed by atoms with Crippen LogP contribution in [0.25, 0.3) is 0 Å². The molecule has 2 saturated heterocycles. The molecule has 0 saturated carbocycles. The van der Waals surface area contributed by atoms with Crippen LogP contribution in [-0.4, -0.2) is 49.1 Å². The van der Waals surface area contributed by atoms with Crippen molar-refractivity contribution in [3.8, 4) is 11.8 Å². The Bertz CT molecular complexity index is 284. The molecule has 2 fully saturated rings. The number of nitrogens with zero attached hydrogens (tertiary/aromatic N) is 2. The van der Waals surface area contributed by atoms with Gasteiger partial charge in [0.25, 0.3) is 0 Å². The van der Waals surface area contributed by atoms with E-state index in [1.807, 2.05) is 0 Å². The van der Waals surface area contributed by atoms with Gasteiger partial charge in [-0.15, -0.1) is 5.92 Å². The van der Waals surface area contributed by atoms with Gasteiger partial charge in [0.05, 0.1) is 6.54 Å².